The van der Waals surface area contributed by atoms with Crippen molar-refractivity contribution in [3.8, 4) is 0 Å². The highest BCUT2D eigenvalue weighted by Gasteiger charge is 2.18. The Hall–Kier alpha value is -1.65. The molecule has 2 aromatic rings. The summed E-state index contributed by atoms with van der Waals surface area (Å²) in [6.07, 6.45) is 1.53. The van der Waals surface area contributed by atoms with Crippen LogP contribution < -0.4 is 0 Å². The Morgan fingerprint density at radius 2 is 1.39 bits per heavy atom. The van der Waals surface area contributed by atoms with Gasteiger partial charge in [-0.25, -0.2) is 0 Å². The van der Waals surface area contributed by atoms with Crippen molar-refractivity contribution < 1.29 is 13.0 Å². The van der Waals surface area contributed by atoms with E-state index in [-0.39, 0.29) is 4.90 Å². The Balaban J connectivity index is 2.09. The number of hydrogen-bond acceptors (Lipinski definition) is 2. The smallest absolute Gasteiger partial charge is 0.282 e. The van der Waals surface area contributed by atoms with Crippen molar-refractivity contribution in [2.75, 3.05) is 0 Å². The maximum Gasteiger partial charge on any atom is 0.294 e. The topological polar surface area (TPSA) is 54.4 Å². The molecule has 0 radical (unpaired) electrons. The van der Waals surface area contributed by atoms with E-state index < -0.39 is 10.1 Å². The van der Waals surface area contributed by atoms with Crippen LogP contribution in [-0.2, 0) is 23.0 Å². The molecule has 0 unspecified atom stereocenters. The second kappa shape index (κ2) is 3.93. The van der Waals surface area contributed by atoms with E-state index in [9.17, 15) is 8.42 Å². The third-order valence-electron chi connectivity index (χ3n) is 3.36. The first kappa shape index (κ1) is 11.4. The third kappa shape index (κ3) is 1.94. The molecule has 0 bridgehead atoms. The highest BCUT2D eigenvalue weighted by atomic mass is 32.2. The lowest BCUT2D eigenvalue weighted by Crippen LogP contribution is -2.09. The van der Waals surface area contributed by atoms with Gasteiger partial charge in [0, 0.05) is 0 Å². The zero-order valence-corrected chi connectivity index (χ0v) is 10.4. The molecule has 18 heavy (non-hydrogen) atoms. The Bertz CT molecular complexity index is 718. The molecule has 0 fully saturated rings. The zero-order valence-electron chi connectivity index (χ0n) is 9.63. The summed E-state index contributed by atoms with van der Waals surface area (Å²) in [5, 5.41) is 0. The Morgan fingerprint density at radius 1 is 0.833 bits per heavy atom. The molecule has 0 amide bonds. The standard InChI is InChI=1S/C14H12O3S/c15-18(16,17)14-6-5-12-7-10-3-1-2-4-11(10)8-13(12)9-14/h1-6,9H,7-8H2,(H,15,16,17). The maximum absolute atomic E-state index is 11.1. The molecular formula is C14H12O3S. The predicted molar refractivity (Wildman–Crippen MR) is 68.3 cm³/mol. The highest BCUT2D eigenvalue weighted by molar-refractivity contribution is 7.85. The van der Waals surface area contributed by atoms with E-state index in [1.165, 1.54) is 17.2 Å². The predicted octanol–water partition coefficient (Wildman–Crippen LogP) is 2.43. The Labute approximate surface area is 106 Å². The molecule has 2 aromatic carbocycles. The fourth-order valence-electron chi connectivity index (χ4n) is 2.41. The van der Waals surface area contributed by atoms with Gasteiger partial charge in [-0.15, -0.1) is 0 Å². The molecule has 0 atom stereocenters. The summed E-state index contributed by atoms with van der Waals surface area (Å²) in [5.41, 5.74) is 4.60. The van der Waals surface area contributed by atoms with Crippen LogP contribution in [0.1, 0.15) is 22.3 Å². The van der Waals surface area contributed by atoms with E-state index in [4.69, 9.17) is 4.55 Å². The Kier molecular flexibility index (Phi) is 2.50. The molecule has 0 aromatic heterocycles. The summed E-state index contributed by atoms with van der Waals surface area (Å²) in [5.74, 6) is 0. The van der Waals surface area contributed by atoms with Crippen LogP contribution in [0.3, 0.4) is 0 Å². The molecule has 3 nitrogen and oxygen atoms in total. The average Bonchev–Trinajstić information content (AvgIpc) is 2.34. The summed E-state index contributed by atoms with van der Waals surface area (Å²) in [4.78, 5) is -0.0272. The van der Waals surface area contributed by atoms with Gasteiger partial charge in [-0.1, -0.05) is 30.3 Å². The van der Waals surface area contributed by atoms with E-state index in [0.29, 0.717) is 0 Å². The summed E-state index contributed by atoms with van der Waals surface area (Å²) < 4.78 is 31.3. The first-order valence-electron chi connectivity index (χ1n) is 5.70. The first-order valence-corrected chi connectivity index (χ1v) is 7.14. The summed E-state index contributed by atoms with van der Waals surface area (Å²) in [7, 11) is -4.11. The van der Waals surface area contributed by atoms with Crippen LogP contribution in [0, 0.1) is 0 Å². The van der Waals surface area contributed by atoms with E-state index in [2.05, 4.69) is 12.1 Å². The molecule has 1 aliphatic rings. The van der Waals surface area contributed by atoms with Crippen molar-refractivity contribution in [1.82, 2.24) is 0 Å². The van der Waals surface area contributed by atoms with Crippen molar-refractivity contribution in [2.45, 2.75) is 17.7 Å². The number of fused-ring (bicyclic) bond motifs is 2. The zero-order chi connectivity index (χ0) is 12.8. The maximum atomic E-state index is 11.1. The van der Waals surface area contributed by atoms with Crippen molar-refractivity contribution in [1.29, 1.82) is 0 Å². The van der Waals surface area contributed by atoms with Crippen LogP contribution in [-0.4, -0.2) is 13.0 Å². The van der Waals surface area contributed by atoms with Crippen molar-refractivity contribution in [3.63, 3.8) is 0 Å². The minimum Gasteiger partial charge on any atom is -0.282 e. The van der Waals surface area contributed by atoms with Crippen LogP contribution >= 0.6 is 0 Å². The largest absolute Gasteiger partial charge is 0.294 e. The molecule has 0 saturated heterocycles. The molecule has 1 N–H and O–H groups in total. The summed E-state index contributed by atoms with van der Waals surface area (Å²) >= 11 is 0. The van der Waals surface area contributed by atoms with Gasteiger partial charge < -0.3 is 0 Å². The quantitative estimate of drug-likeness (QED) is 0.684. The average molecular weight is 260 g/mol. The summed E-state index contributed by atoms with van der Waals surface area (Å²) in [6.45, 7) is 0. The van der Waals surface area contributed by atoms with Crippen LogP contribution in [0.25, 0.3) is 0 Å². The normalized spacial score (nSPS) is 13.8. The lowest BCUT2D eigenvalue weighted by molar-refractivity contribution is 0.483. The lowest BCUT2D eigenvalue weighted by atomic mass is 9.86. The SMILES string of the molecule is O=S(=O)(O)c1ccc2c(c1)Cc1ccccc1C2. The van der Waals surface area contributed by atoms with E-state index in [0.717, 1.165) is 24.0 Å². The van der Waals surface area contributed by atoms with E-state index >= 15 is 0 Å². The van der Waals surface area contributed by atoms with Gasteiger partial charge in [0.1, 0.15) is 0 Å². The van der Waals surface area contributed by atoms with Gasteiger partial charge in [-0.05, 0) is 47.2 Å². The highest BCUT2D eigenvalue weighted by Crippen LogP contribution is 2.28. The molecule has 1 aliphatic carbocycles. The fraction of sp³-hybridized carbons (Fsp3) is 0.143. The van der Waals surface area contributed by atoms with Crippen LogP contribution in [0.2, 0.25) is 0 Å². The molecule has 0 heterocycles. The van der Waals surface area contributed by atoms with Crippen LogP contribution in [0.5, 0.6) is 0 Å². The molecule has 0 saturated carbocycles. The number of rotatable bonds is 1. The van der Waals surface area contributed by atoms with Gasteiger partial charge in [0.25, 0.3) is 10.1 Å². The van der Waals surface area contributed by atoms with Gasteiger partial charge in [0.15, 0.2) is 0 Å². The molecule has 3 rings (SSSR count). The Morgan fingerprint density at radius 3 is 2.00 bits per heavy atom. The van der Waals surface area contributed by atoms with Gasteiger partial charge in [-0.2, -0.15) is 8.42 Å². The van der Waals surface area contributed by atoms with Gasteiger partial charge in [0.05, 0.1) is 4.90 Å². The van der Waals surface area contributed by atoms with E-state index in [1.807, 2.05) is 12.1 Å². The van der Waals surface area contributed by atoms with Crippen LogP contribution in [0.15, 0.2) is 47.4 Å². The monoisotopic (exact) mass is 260 g/mol. The second-order valence-electron chi connectivity index (χ2n) is 4.53. The van der Waals surface area contributed by atoms with Crippen LogP contribution in [0.4, 0.5) is 0 Å². The van der Waals surface area contributed by atoms with Crippen molar-refractivity contribution in [2.24, 2.45) is 0 Å². The summed E-state index contributed by atoms with van der Waals surface area (Å²) in [6, 6.07) is 13.0. The van der Waals surface area contributed by atoms with Gasteiger partial charge in [0.2, 0.25) is 0 Å². The molecule has 0 aliphatic heterocycles. The third-order valence-corrected chi connectivity index (χ3v) is 4.21. The molecule has 4 heteroatoms. The minimum absolute atomic E-state index is 0.0272. The first-order chi connectivity index (χ1) is 8.54. The minimum atomic E-state index is -4.11. The molecular weight excluding hydrogens is 248 g/mol. The van der Waals surface area contributed by atoms with E-state index in [1.54, 1.807) is 12.1 Å². The molecule has 92 valence electrons. The van der Waals surface area contributed by atoms with Gasteiger partial charge >= 0.3 is 0 Å². The lowest BCUT2D eigenvalue weighted by Gasteiger charge is -2.19. The van der Waals surface area contributed by atoms with Gasteiger partial charge in [-0.3, -0.25) is 4.55 Å². The second-order valence-corrected chi connectivity index (χ2v) is 5.95. The number of benzene rings is 2. The molecule has 0 spiro atoms. The number of hydrogen-bond donors (Lipinski definition) is 1. The van der Waals surface area contributed by atoms with Crippen molar-refractivity contribution >= 4 is 10.1 Å². The fourth-order valence-corrected chi connectivity index (χ4v) is 2.94. The van der Waals surface area contributed by atoms with Crippen molar-refractivity contribution in [3.05, 3.63) is 64.7 Å².